The second kappa shape index (κ2) is 5.49. The highest BCUT2D eigenvalue weighted by Gasteiger charge is 2.22. The van der Waals surface area contributed by atoms with Gasteiger partial charge in [-0.05, 0) is 24.6 Å². The van der Waals surface area contributed by atoms with Crippen LogP contribution in [-0.4, -0.2) is 29.3 Å². The van der Waals surface area contributed by atoms with Gasteiger partial charge < -0.3 is 5.11 Å². The number of hydrogen-bond donors (Lipinski definition) is 2. The van der Waals surface area contributed by atoms with Crippen LogP contribution in [0.1, 0.15) is 15.9 Å². The van der Waals surface area contributed by atoms with Crippen molar-refractivity contribution in [1.29, 1.82) is 0 Å². The molecule has 7 nitrogen and oxygen atoms in total. The Hall–Kier alpha value is -1.87. The van der Waals surface area contributed by atoms with Crippen molar-refractivity contribution >= 4 is 37.7 Å². The van der Waals surface area contributed by atoms with E-state index in [1.165, 1.54) is 16.8 Å². The van der Waals surface area contributed by atoms with Crippen LogP contribution in [-0.2, 0) is 17.1 Å². The minimum Gasteiger partial charge on any atom is -0.478 e. The molecular weight excluding hydrogens is 362 g/mol. The summed E-state index contributed by atoms with van der Waals surface area (Å²) >= 11 is 3.17. The van der Waals surface area contributed by atoms with Crippen molar-refractivity contribution in [2.45, 2.75) is 11.8 Å². The molecule has 2 N–H and O–H groups in total. The number of anilines is 1. The Morgan fingerprint density at radius 2 is 2.10 bits per heavy atom. The number of carboxylic acids is 1. The van der Waals surface area contributed by atoms with Crippen LogP contribution in [0, 0.1) is 6.92 Å². The second-order valence-electron chi connectivity index (χ2n) is 4.37. The summed E-state index contributed by atoms with van der Waals surface area (Å²) in [6.07, 6.45) is 1.59. The second-order valence-corrected chi connectivity index (χ2v) is 6.87. The third kappa shape index (κ3) is 3.24. The number of aromatic carboxylic acids is 1. The molecule has 0 bridgehead atoms. The van der Waals surface area contributed by atoms with E-state index in [0.717, 1.165) is 6.07 Å². The summed E-state index contributed by atoms with van der Waals surface area (Å²) < 4.78 is 28.9. The van der Waals surface area contributed by atoms with Crippen molar-refractivity contribution in [2.24, 2.45) is 7.05 Å². The zero-order valence-electron chi connectivity index (χ0n) is 11.2. The van der Waals surface area contributed by atoms with E-state index in [1.54, 1.807) is 20.2 Å². The fourth-order valence-electron chi connectivity index (χ4n) is 1.72. The van der Waals surface area contributed by atoms with Crippen LogP contribution in [0.25, 0.3) is 0 Å². The van der Waals surface area contributed by atoms with Crippen LogP contribution in [0.15, 0.2) is 33.8 Å². The van der Waals surface area contributed by atoms with Crippen LogP contribution in [0.2, 0.25) is 0 Å². The normalized spacial score (nSPS) is 11.4. The fraction of sp³-hybridized carbons (Fsp3) is 0.167. The largest absolute Gasteiger partial charge is 0.478 e. The lowest BCUT2D eigenvalue weighted by atomic mass is 10.1. The predicted octanol–water partition coefficient (Wildman–Crippen LogP) is 1.99. The van der Waals surface area contributed by atoms with Crippen LogP contribution in [0.5, 0.6) is 0 Å². The molecule has 0 aliphatic carbocycles. The van der Waals surface area contributed by atoms with E-state index in [1.807, 2.05) is 0 Å². The van der Waals surface area contributed by atoms with E-state index >= 15 is 0 Å². The smallest absolute Gasteiger partial charge is 0.335 e. The van der Waals surface area contributed by atoms with Crippen LogP contribution in [0.4, 0.5) is 5.82 Å². The molecule has 1 aromatic heterocycles. The molecule has 0 aliphatic rings. The lowest BCUT2D eigenvalue weighted by molar-refractivity contribution is 0.0696. The highest BCUT2D eigenvalue weighted by atomic mass is 79.9. The summed E-state index contributed by atoms with van der Waals surface area (Å²) in [6, 6.07) is 3.98. The van der Waals surface area contributed by atoms with Gasteiger partial charge in [-0.2, -0.15) is 5.10 Å². The van der Waals surface area contributed by atoms with Gasteiger partial charge in [0.05, 0.1) is 10.5 Å². The average molecular weight is 374 g/mol. The number of rotatable bonds is 4. The number of nitrogens with zero attached hydrogens (tertiary/aromatic N) is 2. The van der Waals surface area contributed by atoms with Crippen LogP contribution >= 0.6 is 15.9 Å². The van der Waals surface area contributed by atoms with Gasteiger partial charge in [0.2, 0.25) is 0 Å². The lowest BCUT2D eigenvalue weighted by Gasteiger charge is -2.11. The molecule has 0 radical (unpaired) electrons. The van der Waals surface area contributed by atoms with Gasteiger partial charge in [-0.15, -0.1) is 0 Å². The Labute approximate surface area is 129 Å². The topological polar surface area (TPSA) is 101 Å². The van der Waals surface area contributed by atoms with Gasteiger partial charge in [-0.1, -0.05) is 15.9 Å². The monoisotopic (exact) mass is 373 g/mol. The molecule has 0 atom stereocenters. The molecule has 0 saturated heterocycles. The predicted molar refractivity (Wildman–Crippen MR) is 79.9 cm³/mol. The van der Waals surface area contributed by atoms with E-state index in [-0.39, 0.29) is 16.3 Å². The highest BCUT2D eigenvalue weighted by Crippen LogP contribution is 2.27. The van der Waals surface area contributed by atoms with Crippen molar-refractivity contribution < 1.29 is 18.3 Å². The van der Waals surface area contributed by atoms with Crippen molar-refractivity contribution in [3.8, 4) is 0 Å². The molecule has 0 spiro atoms. The Morgan fingerprint density at radius 3 is 2.62 bits per heavy atom. The number of halogens is 1. The summed E-state index contributed by atoms with van der Waals surface area (Å²) in [5, 5.41) is 13.0. The maximum Gasteiger partial charge on any atom is 0.335 e. The van der Waals surface area contributed by atoms with Gasteiger partial charge in [0.15, 0.2) is 5.82 Å². The number of carbonyl (C=O) groups is 1. The maximum atomic E-state index is 12.4. The standard InChI is InChI=1S/C12H12BrN3O4S/c1-7-9(13)5-8(12(17)18)6-10(7)21(19,20)15-11-3-4-16(2)14-11/h3-6H,1-2H3,(H,14,15)(H,17,18). The Morgan fingerprint density at radius 1 is 1.43 bits per heavy atom. The zero-order chi connectivity index (χ0) is 15.8. The van der Waals surface area contributed by atoms with Gasteiger partial charge in [0.25, 0.3) is 10.0 Å². The van der Waals surface area contributed by atoms with E-state index in [2.05, 4.69) is 25.8 Å². The average Bonchev–Trinajstić information content (AvgIpc) is 2.76. The number of nitrogens with one attached hydrogen (secondary N) is 1. The van der Waals surface area contributed by atoms with Crippen molar-refractivity contribution in [3.05, 3.63) is 40.0 Å². The minimum atomic E-state index is -3.93. The SMILES string of the molecule is Cc1c(Br)cc(C(=O)O)cc1S(=O)(=O)Nc1ccn(C)n1. The molecule has 2 aromatic rings. The first kappa shape index (κ1) is 15.5. The van der Waals surface area contributed by atoms with E-state index < -0.39 is 16.0 Å². The molecule has 2 rings (SSSR count). The molecule has 1 heterocycles. The van der Waals surface area contributed by atoms with Crippen LogP contribution in [0.3, 0.4) is 0 Å². The maximum absolute atomic E-state index is 12.4. The highest BCUT2D eigenvalue weighted by molar-refractivity contribution is 9.10. The Kier molecular flexibility index (Phi) is 4.06. The molecule has 112 valence electrons. The van der Waals surface area contributed by atoms with Crippen molar-refractivity contribution in [1.82, 2.24) is 9.78 Å². The summed E-state index contributed by atoms with van der Waals surface area (Å²) in [5.41, 5.74) is 0.303. The molecule has 0 aliphatic heterocycles. The lowest BCUT2D eigenvalue weighted by Crippen LogP contribution is -2.16. The summed E-state index contributed by atoms with van der Waals surface area (Å²) in [7, 11) is -2.27. The zero-order valence-corrected chi connectivity index (χ0v) is 13.6. The van der Waals surface area contributed by atoms with Gasteiger partial charge in [0, 0.05) is 23.8 Å². The van der Waals surface area contributed by atoms with Crippen molar-refractivity contribution in [2.75, 3.05) is 4.72 Å². The summed E-state index contributed by atoms with van der Waals surface area (Å²) in [5.74, 6) is -1.04. The first-order valence-electron chi connectivity index (χ1n) is 5.76. The molecular formula is C12H12BrN3O4S. The number of carboxylic acid groups (broad SMARTS) is 1. The molecule has 0 amide bonds. The first-order valence-corrected chi connectivity index (χ1v) is 8.04. The van der Waals surface area contributed by atoms with Gasteiger partial charge in [0.1, 0.15) is 0 Å². The number of sulfonamides is 1. The molecule has 1 aromatic carbocycles. The quantitative estimate of drug-likeness (QED) is 0.852. The Balaban J connectivity index is 2.51. The number of aryl methyl sites for hydroxylation is 1. The fourth-order valence-corrected chi connectivity index (χ4v) is 3.60. The van der Waals surface area contributed by atoms with E-state index in [0.29, 0.717) is 10.0 Å². The molecule has 0 unspecified atom stereocenters. The third-order valence-corrected chi connectivity index (χ3v) is 5.09. The summed E-state index contributed by atoms with van der Waals surface area (Å²) in [4.78, 5) is 10.9. The van der Waals surface area contributed by atoms with E-state index in [4.69, 9.17) is 5.11 Å². The molecule has 0 saturated carbocycles. The molecule has 21 heavy (non-hydrogen) atoms. The number of hydrogen-bond acceptors (Lipinski definition) is 4. The minimum absolute atomic E-state index is 0.111. The summed E-state index contributed by atoms with van der Waals surface area (Å²) in [6.45, 7) is 1.59. The third-order valence-electron chi connectivity index (χ3n) is 2.79. The number of benzene rings is 1. The number of aromatic nitrogens is 2. The van der Waals surface area contributed by atoms with Gasteiger partial charge in [-0.3, -0.25) is 9.40 Å². The van der Waals surface area contributed by atoms with Gasteiger partial charge >= 0.3 is 5.97 Å². The van der Waals surface area contributed by atoms with Crippen molar-refractivity contribution in [3.63, 3.8) is 0 Å². The Bertz CT molecular complexity index is 814. The first-order chi connectivity index (χ1) is 9.70. The van der Waals surface area contributed by atoms with Gasteiger partial charge in [-0.25, -0.2) is 13.2 Å². The van der Waals surface area contributed by atoms with Crippen LogP contribution < -0.4 is 4.72 Å². The van der Waals surface area contributed by atoms with E-state index in [9.17, 15) is 13.2 Å². The molecule has 0 fully saturated rings. The molecule has 9 heteroatoms.